The highest BCUT2D eigenvalue weighted by Crippen LogP contribution is 2.44. The Kier molecular flexibility index (Phi) is 9.17. The highest BCUT2D eigenvalue weighted by molar-refractivity contribution is 5.37. The summed E-state index contributed by atoms with van der Waals surface area (Å²) in [6, 6.07) is 0. The van der Waals surface area contributed by atoms with Crippen molar-refractivity contribution >= 4 is 0 Å². The summed E-state index contributed by atoms with van der Waals surface area (Å²) >= 11 is 0. The van der Waals surface area contributed by atoms with Gasteiger partial charge in [0, 0.05) is 6.42 Å². The van der Waals surface area contributed by atoms with E-state index >= 15 is 0 Å². The third kappa shape index (κ3) is 7.80. The van der Waals surface area contributed by atoms with Crippen molar-refractivity contribution in [1.82, 2.24) is 0 Å². The summed E-state index contributed by atoms with van der Waals surface area (Å²) in [5.74, 6) is 0. The highest BCUT2D eigenvalue weighted by Gasteiger charge is 2.68. The van der Waals surface area contributed by atoms with Crippen molar-refractivity contribution < 1.29 is 41.7 Å². The predicted molar refractivity (Wildman–Crippen MR) is 106 cm³/mol. The molecule has 0 spiro atoms. The van der Waals surface area contributed by atoms with Gasteiger partial charge in [-0.3, -0.25) is 0 Å². The zero-order chi connectivity index (χ0) is 24.1. The third-order valence-electron chi connectivity index (χ3n) is 5.32. The van der Waals surface area contributed by atoms with Gasteiger partial charge >= 0.3 is 12.4 Å². The van der Waals surface area contributed by atoms with Crippen LogP contribution in [-0.4, -0.2) is 45.5 Å². The number of aliphatic hydroxyl groups excluding tert-OH is 2. The van der Waals surface area contributed by atoms with Gasteiger partial charge in [-0.2, -0.15) is 26.3 Å². The Morgan fingerprint density at radius 2 is 1.61 bits per heavy atom. The minimum absolute atomic E-state index is 0.0646. The first-order valence-corrected chi connectivity index (χ1v) is 9.95. The van der Waals surface area contributed by atoms with E-state index in [2.05, 4.69) is 6.58 Å². The van der Waals surface area contributed by atoms with Crippen molar-refractivity contribution in [2.24, 2.45) is 5.41 Å². The van der Waals surface area contributed by atoms with Crippen LogP contribution in [0.5, 0.6) is 0 Å². The number of alkyl halides is 6. The number of hydrogen-bond acceptors (Lipinski definition) is 3. The largest absolute Gasteiger partial charge is 0.429 e. The number of rotatable bonds is 8. The molecule has 3 nitrogen and oxygen atoms in total. The van der Waals surface area contributed by atoms with Gasteiger partial charge in [0.05, 0.1) is 12.2 Å². The number of aliphatic hydroxyl groups is 3. The molecule has 2 atom stereocenters. The predicted octanol–water partition coefficient (Wildman–Crippen LogP) is 5.54. The summed E-state index contributed by atoms with van der Waals surface area (Å²) in [7, 11) is 0. The molecule has 1 rings (SSSR count). The maximum absolute atomic E-state index is 12.7. The lowest BCUT2D eigenvalue weighted by Gasteiger charge is -2.30. The third-order valence-corrected chi connectivity index (χ3v) is 5.32. The van der Waals surface area contributed by atoms with Crippen LogP contribution < -0.4 is 0 Å². The molecule has 31 heavy (non-hydrogen) atoms. The Balaban J connectivity index is 2.57. The van der Waals surface area contributed by atoms with Crippen LogP contribution in [0, 0.1) is 5.41 Å². The topological polar surface area (TPSA) is 60.7 Å². The summed E-state index contributed by atoms with van der Waals surface area (Å²) in [6.45, 7) is 7.25. The number of hydrogen-bond donors (Lipinski definition) is 3. The van der Waals surface area contributed by atoms with Gasteiger partial charge < -0.3 is 15.3 Å². The molecular weight excluding hydrogens is 426 g/mol. The number of halogens is 6. The summed E-state index contributed by atoms with van der Waals surface area (Å²) in [5.41, 5.74) is -4.10. The van der Waals surface area contributed by atoms with Crippen LogP contribution in [0.2, 0.25) is 0 Å². The van der Waals surface area contributed by atoms with E-state index in [0.29, 0.717) is 31.3 Å². The second kappa shape index (κ2) is 10.4. The van der Waals surface area contributed by atoms with Gasteiger partial charge in [0.1, 0.15) is 0 Å². The standard InChI is InChI=1S/C22H30F6O3/c1-15-16(13-17(29)14-18(15)30)9-6-4-5-7-10-19(2,3)11-8-12-20(31,21(23,24)25)22(26,27)28/h4,6,8-9,12,17-18,29-31H,1,5,7,10-11,13-14H2,2-3H3/b6-4+,12-8+,16-9-/t17-,18+/m1/s1. The summed E-state index contributed by atoms with van der Waals surface area (Å²) in [4.78, 5) is 0. The Morgan fingerprint density at radius 1 is 1.03 bits per heavy atom. The normalized spacial score (nSPS) is 23.5. The van der Waals surface area contributed by atoms with E-state index in [1.807, 2.05) is 6.08 Å². The molecule has 1 aliphatic rings. The Bertz CT molecular complexity index is 687. The van der Waals surface area contributed by atoms with Gasteiger partial charge in [0.2, 0.25) is 0 Å². The van der Waals surface area contributed by atoms with Crippen molar-refractivity contribution in [2.45, 2.75) is 82.5 Å². The van der Waals surface area contributed by atoms with Crippen LogP contribution in [0.25, 0.3) is 0 Å². The SMILES string of the molecule is C=C1/C(=C\C=C\CCCC(C)(C)C/C=C/C(O)(C(F)(F)F)C(F)(F)F)C[C@@H](O)C[C@@H]1O. The molecule has 0 amide bonds. The van der Waals surface area contributed by atoms with Gasteiger partial charge in [0.15, 0.2) is 0 Å². The van der Waals surface area contributed by atoms with Gasteiger partial charge in [-0.25, -0.2) is 0 Å². The molecule has 0 bridgehead atoms. The van der Waals surface area contributed by atoms with Crippen LogP contribution in [0.4, 0.5) is 26.3 Å². The van der Waals surface area contributed by atoms with E-state index in [9.17, 15) is 36.6 Å². The first-order chi connectivity index (χ1) is 14.0. The van der Waals surface area contributed by atoms with Gasteiger partial charge in [0.25, 0.3) is 5.60 Å². The van der Waals surface area contributed by atoms with Crippen molar-refractivity contribution in [3.05, 3.63) is 48.1 Å². The molecule has 0 unspecified atom stereocenters. The van der Waals surface area contributed by atoms with E-state index in [1.165, 1.54) is 0 Å². The lowest BCUT2D eigenvalue weighted by atomic mass is 9.83. The number of allylic oxidation sites excluding steroid dienone is 4. The van der Waals surface area contributed by atoms with E-state index < -0.39 is 35.6 Å². The summed E-state index contributed by atoms with van der Waals surface area (Å²) in [5, 5.41) is 28.6. The zero-order valence-corrected chi connectivity index (χ0v) is 17.6. The van der Waals surface area contributed by atoms with Crippen molar-refractivity contribution in [2.75, 3.05) is 0 Å². The fourth-order valence-corrected chi connectivity index (χ4v) is 3.24. The van der Waals surface area contributed by atoms with Gasteiger partial charge in [-0.15, -0.1) is 0 Å². The quantitative estimate of drug-likeness (QED) is 0.255. The maximum atomic E-state index is 12.7. The molecule has 0 saturated heterocycles. The van der Waals surface area contributed by atoms with E-state index in [4.69, 9.17) is 5.11 Å². The van der Waals surface area contributed by atoms with E-state index in [0.717, 1.165) is 11.6 Å². The molecular formula is C22H30F6O3. The molecule has 0 aliphatic heterocycles. The van der Waals surface area contributed by atoms with Crippen LogP contribution in [0.3, 0.4) is 0 Å². The molecule has 0 aromatic rings. The molecule has 0 aromatic heterocycles. The first-order valence-electron chi connectivity index (χ1n) is 9.95. The molecule has 0 aromatic carbocycles. The zero-order valence-electron chi connectivity index (χ0n) is 17.6. The number of unbranched alkanes of at least 4 members (excludes halogenated alkanes) is 1. The minimum Gasteiger partial charge on any atom is -0.393 e. The van der Waals surface area contributed by atoms with E-state index in [-0.39, 0.29) is 18.9 Å². The molecule has 1 fully saturated rings. The van der Waals surface area contributed by atoms with Gasteiger partial charge in [-0.05, 0) is 54.7 Å². The molecule has 3 N–H and O–H groups in total. The average molecular weight is 456 g/mol. The summed E-state index contributed by atoms with van der Waals surface area (Å²) in [6.07, 6.45) is -4.81. The van der Waals surface area contributed by atoms with Crippen LogP contribution in [-0.2, 0) is 0 Å². The fourth-order valence-electron chi connectivity index (χ4n) is 3.24. The van der Waals surface area contributed by atoms with Crippen LogP contribution in [0.15, 0.2) is 48.1 Å². The second-order valence-corrected chi connectivity index (χ2v) is 8.68. The molecule has 0 radical (unpaired) electrons. The lowest BCUT2D eigenvalue weighted by molar-refractivity contribution is -0.347. The molecule has 9 heteroatoms. The maximum Gasteiger partial charge on any atom is 0.429 e. The minimum atomic E-state index is -5.86. The van der Waals surface area contributed by atoms with E-state index in [1.54, 1.807) is 26.0 Å². The van der Waals surface area contributed by atoms with Crippen LogP contribution >= 0.6 is 0 Å². The smallest absolute Gasteiger partial charge is 0.393 e. The van der Waals surface area contributed by atoms with Crippen molar-refractivity contribution in [3.8, 4) is 0 Å². The Labute approximate surface area is 178 Å². The Morgan fingerprint density at radius 3 is 2.16 bits per heavy atom. The first kappa shape index (κ1) is 27.5. The Hall–Kier alpha value is -1.58. The second-order valence-electron chi connectivity index (χ2n) is 8.68. The van der Waals surface area contributed by atoms with Crippen molar-refractivity contribution in [3.63, 3.8) is 0 Å². The summed E-state index contributed by atoms with van der Waals surface area (Å²) < 4.78 is 76.1. The molecule has 1 aliphatic carbocycles. The molecule has 178 valence electrons. The fraction of sp³-hybridized carbons (Fsp3) is 0.636. The average Bonchev–Trinajstić information content (AvgIpc) is 2.59. The van der Waals surface area contributed by atoms with Crippen molar-refractivity contribution in [1.29, 1.82) is 0 Å². The monoisotopic (exact) mass is 456 g/mol. The lowest BCUT2D eigenvalue weighted by Crippen LogP contribution is -2.55. The molecule has 0 heterocycles. The highest BCUT2D eigenvalue weighted by atomic mass is 19.4. The molecule has 1 saturated carbocycles. The van der Waals surface area contributed by atoms with Gasteiger partial charge in [-0.1, -0.05) is 44.7 Å². The van der Waals surface area contributed by atoms with Crippen LogP contribution in [0.1, 0.15) is 52.4 Å².